The maximum Gasteiger partial charge on any atom is 0.0964 e. The van der Waals surface area contributed by atoms with Gasteiger partial charge in [0.15, 0.2) is 0 Å². The number of hydrogen-bond donors (Lipinski definition) is 2. The highest BCUT2D eigenvalue weighted by atomic mass is 15.1. The Morgan fingerprint density at radius 1 is 0.474 bits per heavy atom. The van der Waals surface area contributed by atoms with E-state index >= 15 is 0 Å². The van der Waals surface area contributed by atoms with E-state index in [1.165, 1.54) is 0 Å². The standard InChI is InChI=1S/C33H25N5/c34-30-25-15-7-9-17-28(25)37(23-13-5-2-6-14-23)32(30)33-31(35)26-16-8-10-18-29(26)38(33)24-19-20-27(36-21-24)22-11-3-1-4-12-22/h1-21H,34-35H2. The predicted molar refractivity (Wildman–Crippen MR) is 158 cm³/mol. The SMILES string of the molecule is Nc1c(-c2c(N)c3ccccc3n2-c2ccc(-c3ccccc3)nc2)n(-c2ccccc2)c2ccccc12. The normalized spacial score (nSPS) is 11.4. The number of hydrogen-bond acceptors (Lipinski definition) is 3. The van der Waals surface area contributed by atoms with Gasteiger partial charge in [-0.15, -0.1) is 0 Å². The third kappa shape index (κ3) is 3.29. The summed E-state index contributed by atoms with van der Waals surface area (Å²) in [7, 11) is 0. The molecule has 0 unspecified atom stereocenters. The zero-order valence-corrected chi connectivity index (χ0v) is 20.6. The molecule has 0 atom stereocenters. The summed E-state index contributed by atoms with van der Waals surface area (Å²) < 4.78 is 4.38. The van der Waals surface area contributed by atoms with E-state index in [2.05, 4.69) is 69.8 Å². The Hall–Kier alpha value is -5.29. The fraction of sp³-hybridized carbons (Fsp3) is 0. The van der Waals surface area contributed by atoms with Gasteiger partial charge >= 0.3 is 0 Å². The second-order valence-corrected chi connectivity index (χ2v) is 9.33. The van der Waals surface area contributed by atoms with Crippen molar-refractivity contribution >= 4 is 33.2 Å². The number of nitrogens with zero attached hydrogens (tertiary/aromatic N) is 3. The average molecular weight is 492 g/mol. The number of benzene rings is 4. The summed E-state index contributed by atoms with van der Waals surface area (Å²) in [6, 6.07) is 41.0. The molecular formula is C33H25N5. The Morgan fingerprint density at radius 3 is 1.53 bits per heavy atom. The molecule has 0 radical (unpaired) electrons. The van der Waals surface area contributed by atoms with Crippen LogP contribution in [0.25, 0.3) is 55.8 Å². The highest BCUT2D eigenvalue weighted by Crippen LogP contribution is 2.45. The van der Waals surface area contributed by atoms with Crippen molar-refractivity contribution in [1.82, 2.24) is 14.1 Å². The zero-order chi connectivity index (χ0) is 25.6. The zero-order valence-electron chi connectivity index (χ0n) is 20.6. The first-order valence-corrected chi connectivity index (χ1v) is 12.6. The van der Waals surface area contributed by atoms with E-state index in [-0.39, 0.29) is 0 Å². The number of anilines is 2. The van der Waals surface area contributed by atoms with Crippen LogP contribution in [0.5, 0.6) is 0 Å². The second kappa shape index (κ2) is 8.68. The molecule has 0 spiro atoms. The minimum atomic E-state index is 0.680. The molecular weight excluding hydrogens is 466 g/mol. The number of nitrogens with two attached hydrogens (primary N) is 2. The lowest BCUT2D eigenvalue weighted by molar-refractivity contribution is 1.06. The number of para-hydroxylation sites is 3. The summed E-state index contributed by atoms with van der Waals surface area (Å²) in [6.45, 7) is 0. The lowest BCUT2D eigenvalue weighted by Crippen LogP contribution is -2.05. The first-order valence-electron chi connectivity index (χ1n) is 12.6. The molecule has 0 fully saturated rings. The fourth-order valence-corrected chi connectivity index (χ4v) is 5.41. The summed E-state index contributed by atoms with van der Waals surface area (Å²) in [4.78, 5) is 4.82. The van der Waals surface area contributed by atoms with Gasteiger partial charge in [0, 0.05) is 22.0 Å². The van der Waals surface area contributed by atoms with Gasteiger partial charge in [-0.1, -0.05) is 84.9 Å². The number of rotatable bonds is 4. The van der Waals surface area contributed by atoms with Crippen molar-refractivity contribution in [3.63, 3.8) is 0 Å². The van der Waals surface area contributed by atoms with Gasteiger partial charge in [-0.2, -0.15) is 0 Å². The predicted octanol–water partition coefficient (Wildman–Crippen LogP) is 7.47. The van der Waals surface area contributed by atoms with Gasteiger partial charge in [-0.05, 0) is 36.4 Å². The molecule has 0 saturated carbocycles. The van der Waals surface area contributed by atoms with Crippen LogP contribution >= 0.6 is 0 Å². The van der Waals surface area contributed by atoms with E-state index in [1.807, 2.05) is 66.9 Å². The van der Waals surface area contributed by atoms with Crippen molar-refractivity contribution in [2.75, 3.05) is 11.5 Å². The molecule has 0 amide bonds. The highest BCUT2D eigenvalue weighted by molar-refractivity contribution is 6.09. The maximum atomic E-state index is 6.96. The van der Waals surface area contributed by atoms with Crippen molar-refractivity contribution in [3.05, 3.63) is 128 Å². The minimum Gasteiger partial charge on any atom is -0.396 e. The van der Waals surface area contributed by atoms with Crippen molar-refractivity contribution in [2.45, 2.75) is 0 Å². The smallest absolute Gasteiger partial charge is 0.0964 e. The lowest BCUT2D eigenvalue weighted by Gasteiger charge is -2.16. The molecule has 0 bridgehead atoms. The Balaban J connectivity index is 1.55. The molecule has 3 heterocycles. The third-order valence-electron chi connectivity index (χ3n) is 7.14. The molecule has 0 aliphatic carbocycles. The number of nitrogen functional groups attached to an aromatic ring is 2. The Bertz CT molecular complexity index is 1910. The number of pyridine rings is 1. The van der Waals surface area contributed by atoms with Crippen LogP contribution in [-0.2, 0) is 0 Å². The van der Waals surface area contributed by atoms with Gasteiger partial charge in [-0.25, -0.2) is 0 Å². The number of fused-ring (bicyclic) bond motifs is 2. The Morgan fingerprint density at radius 2 is 0.974 bits per heavy atom. The summed E-state index contributed by atoms with van der Waals surface area (Å²) in [5, 5.41) is 1.96. The van der Waals surface area contributed by atoms with Crippen LogP contribution in [0.1, 0.15) is 0 Å². The average Bonchev–Trinajstić information content (AvgIpc) is 3.44. The first-order chi connectivity index (χ1) is 18.7. The van der Waals surface area contributed by atoms with E-state index in [0.717, 1.165) is 55.8 Å². The highest BCUT2D eigenvalue weighted by Gasteiger charge is 2.26. The molecule has 0 aliphatic rings. The van der Waals surface area contributed by atoms with Crippen LogP contribution < -0.4 is 11.5 Å². The van der Waals surface area contributed by atoms with Crippen LogP contribution in [0.4, 0.5) is 11.4 Å². The van der Waals surface area contributed by atoms with Gasteiger partial charge < -0.3 is 20.6 Å². The quantitative estimate of drug-likeness (QED) is 0.268. The van der Waals surface area contributed by atoms with E-state index < -0.39 is 0 Å². The van der Waals surface area contributed by atoms with E-state index in [4.69, 9.17) is 16.5 Å². The van der Waals surface area contributed by atoms with Gasteiger partial charge in [0.1, 0.15) is 0 Å². The molecule has 5 heteroatoms. The summed E-state index contributed by atoms with van der Waals surface area (Å²) in [6.07, 6.45) is 1.91. The van der Waals surface area contributed by atoms with E-state index in [0.29, 0.717) is 11.4 Å². The van der Waals surface area contributed by atoms with E-state index in [9.17, 15) is 0 Å². The molecule has 7 rings (SSSR count). The Labute approximate surface area is 220 Å². The van der Waals surface area contributed by atoms with Crippen LogP contribution in [-0.4, -0.2) is 14.1 Å². The largest absolute Gasteiger partial charge is 0.396 e. The lowest BCUT2D eigenvalue weighted by atomic mass is 10.1. The van der Waals surface area contributed by atoms with Crippen LogP contribution in [0.2, 0.25) is 0 Å². The summed E-state index contributed by atoms with van der Waals surface area (Å²) in [5.74, 6) is 0. The molecule has 182 valence electrons. The monoisotopic (exact) mass is 491 g/mol. The minimum absolute atomic E-state index is 0.680. The van der Waals surface area contributed by atoms with Gasteiger partial charge in [0.25, 0.3) is 0 Å². The summed E-state index contributed by atoms with van der Waals surface area (Å²) in [5.41, 5.74) is 22.9. The van der Waals surface area contributed by atoms with Crippen LogP contribution in [0, 0.1) is 0 Å². The van der Waals surface area contributed by atoms with Crippen molar-refractivity contribution in [3.8, 4) is 34.0 Å². The molecule has 38 heavy (non-hydrogen) atoms. The van der Waals surface area contributed by atoms with Gasteiger partial charge in [0.05, 0.1) is 51.4 Å². The molecule has 7 aromatic rings. The topological polar surface area (TPSA) is 74.8 Å². The van der Waals surface area contributed by atoms with Crippen molar-refractivity contribution in [2.24, 2.45) is 0 Å². The van der Waals surface area contributed by atoms with Crippen molar-refractivity contribution in [1.29, 1.82) is 0 Å². The molecule has 0 saturated heterocycles. The van der Waals surface area contributed by atoms with Crippen molar-refractivity contribution < 1.29 is 0 Å². The summed E-state index contributed by atoms with van der Waals surface area (Å²) >= 11 is 0. The van der Waals surface area contributed by atoms with Crippen LogP contribution in [0.3, 0.4) is 0 Å². The third-order valence-corrected chi connectivity index (χ3v) is 7.14. The van der Waals surface area contributed by atoms with Crippen LogP contribution in [0.15, 0.2) is 128 Å². The van der Waals surface area contributed by atoms with Gasteiger partial charge in [0.2, 0.25) is 0 Å². The molecule has 4 aromatic carbocycles. The van der Waals surface area contributed by atoms with Gasteiger partial charge in [-0.3, -0.25) is 4.98 Å². The maximum absolute atomic E-state index is 6.96. The number of aromatic nitrogens is 3. The molecule has 4 N–H and O–H groups in total. The second-order valence-electron chi connectivity index (χ2n) is 9.33. The first kappa shape index (κ1) is 21.9. The van der Waals surface area contributed by atoms with E-state index in [1.54, 1.807) is 0 Å². The fourth-order valence-electron chi connectivity index (χ4n) is 5.41. The molecule has 3 aromatic heterocycles. The molecule has 0 aliphatic heterocycles. The molecule has 5 nitrogen and oxygen atoms in total. The Kier molecular flexibility index (Phi) is 5.01.